The molecular formula is C16H29NO2. The minimum atomic E-state index is -0.349. The first kappa shape index (κ1) is 14.8. The molecule has 2 aliphatic carbocycles. The van der Waals surface area contributed by atoms with Crippen LogP contribution in [-0.4, -0.2) is 23.2 Å². The van der Waals surface area contributed by atoms with Crippen LogP contribution in [0.25, 0.3) is 0 Å². The Morgan fingerprint density at radius 3 is 2.47 bits per heavy atom. The van der Waals surface area contributed by atoms with Crippen LogP contribution in [0.1, 0.15) is 71.6 Å². The molecule has 0 aromatic carbocycles. The van der Waals surface area contributed by atoms with Gasteiger partial charge in [0.2, 0.25) is 5.91 Å². The minimum Gasteiger partial charge on any atom is -0.391 e. The molecule has 3 unspecified atom stereocenters. The Hall–Kier alpha value is -0.570. The lowest BCUT2D eigenvalue weighted by Gasteiger charge is -2.38. The largest absolute Gasteiger partial charge is 0.391 e. The van der Waals surface area contributed by atoms with Crippen LogP contribution in [0.3, 0.4) is 0 Å². The summed E-state index contributed by atoms with van der Waals surface area (Å²) in [7, 11) is 0. The van der Waals surface area contributed by atoms with E-state index >= 15 is 0 Å². The maximum Gasteiger partial charge on any atom is 0.223 e. The van der Waals surface area contributed by atoms with Crippen molar-refractivity contribution in [2.45, 2.75) is 83.8 Å². The Morgan fingerprint density at radius 1 is 1.05 bits per heavy atom. The van der Waals surface area contributed by atoms with Crippen LogP contribution in [0.2, 0.25) is 0 Å². The molecule has 0 bridgehead atoms. The fourth-order valence-corrected chi connectivity index (χ4v) is 3.72. The van der Waals surface area contributed by atoms with Crippen molar-refractivity contribution in [3.8, 4) is 0 Å². The number of amides is 1. The molecule has 0 aliphatic heterocycles. The smallest absolute Gasteiger partial charge is 0.223 e. The van der Waals surface area contributed by atoms with E-state index in [4.69, 9.17) is 0 Å². The van der Waals surface area contributed by atoms with Crippen LogP contribution in [-0.2, 0) is 4.79 Å². The molecule has 2 rings (SSSR count). The molecule has 0 saturated heterocycles. The first-order valence-corrected chi connectivity index (χ1v) is 7.99. The van der Waals surface area contributed by atoms with Crippen molar-refractivity contribution in [2.75, 3.05) is 0 Å². The SMILES string of the molecule is CC1(C)CCCCC1C(=O)NC1CCCCCC1O. The summed E-state index contributed by atoms with van der Waals surface area (Å²) in [4.78, 5) is 12.5. The fraction of sp³-hybridized carbons (Fsp3) is 0.938. The molecular weight excluding hydrogens is 238 g/mol. The van der Waals surface area contributed by atoms with Gasteiger partial charge in [0, 0.05) is 5.92 Å². The Kier molecular flexibility index (Phi) is 4.88. The normalized spacial score (nSPS) is 35.4. The van der Waals surface area contributed by atoms with Gasteiger partial charge in [0.05, 0.1) is 12.1 Å². The standard InChI is InChI=1S/C16H29NO2/c1-16(2)11-7-6-8-12(16)15(19)17-13-9-4-3-5-10-14(13)18/h12-14,18H,3-11H2,1-2H3,(H,17,19). The van der Waals surface area contributed by atoms with Crippen molar-refractivity contribution < 1.29 is 9.90 Å². The number of rotatable bonds is 2. The molecule has 0 radical (unpaired) electrons. The number of hydrogen-bond donors (Lipinski definition) is 2. The van der Waals surface area contributed by atoms with E-state index in [1.165, 1.54) is 12.8 Å². The summed E-state index contributed by atoms with van der Waals surface area (Å²) in [5, 5.41) is 13.3. The van der Waals surface area contributed by atoms with Gasteiger partial charge in [-0.2, -0.15) is 0 Å². The third-order valence-electron chi connectivity index (χ3n) is 5.13. The molecule has 0 aromatic rings. The zero-order chi connectivity index (χ0) is 13.9. The Bertz CT molecular complexity index is 314. The minimum absolute atomic E-state index is 0.0206. The third kappa shape index (κ3) is 3.71. The maximum absolute atomic E-state index is 12.5. The van der Waals surface area contributed by atoms with E-state index in [1.54, 1.807) is 0 Å². The molecule has 3 heteroatoms. The molecule has 2 N–H and O–H groups in total. The Balaban J connectivity index is 1.95. The number of hydrogen-bond acceptors (Lipinski definition) is 2. The van der Waals surface area contributed by atoms with Crippen LogP contribution in [0.15, 0.2) is 0 Å². The van der Waals surface area contributed by atoms with E-state index < -0.39 is 0 Å². The van der Waals surface area contributed by atoms with Crippen molar-refractivity contribution in [3.63, 3.8) is 0 Å². The predicted octanol–water partition coefficient (Wildman–Crippen LogP) is 3.01. The van der Waals surface area contributed by atoms with E-state index in [0.29, 0.717) is 0 Å². The van der Waals surface area contributed by atoms with Gasteiger partial charge in [0.15, 0.2) is 0 Å². The van der Waals surface area contributed by atoms with E-state index in [0.717, 1.165) is 44.9 Å². The molecule has 2 aliphatic rings. The number of nitrogens with one attached hydrogen (secondary N) is 1. The summed E-state index contributed by atoms with van der Waals surface area (Å²) in [5.41, 5.74) is 0.109. The lowest BCUT2D eigenvalue weighted by atomic mass is 9.68. The van der Waals surface area contributed by atoms with Crippen molar-refractivity contribution in [2.24, 2.45) is 11.3 Å². The summed E-state index contributed by atoms with van der Waals surface area (Å²) in [6.45, 7) is 4.42. The summed E-state index contributed by atoms with van der Waals surface area (Å²) < 4.78 is 0. The fourth-order valence-electron chi connectivity index (χ4n) is 3.72. The molecule has 0 spiro atoms. The van der Waals surface area contributed by atoms with Crippen molar-refractivity contribution in [3.05, 3.63) is 0 Å². The molecule has 2 saturated carbocycles. The van der Waals surface area contributed by atoms with Gasteiger partial charge in [-0.25, -0.2) is 0 Å². The summed E-state index contributed by atoms with van der Waals surface area (Å²) in [5.74, 6) is 0.298. The summed E-state index contributed by atoms with van der Waals surface area (Å²) in [6, 6.07) is -0.0206. The molecule has 3 nitrogen and oxygen atoms in total. The Morgan fingerprint density at radius 2 is 1.74 bits per heavy atom. The second-order valence-corrected chi connectivity index (χ2v) is 7.11. The summed E-state index contributed by atoms with van der Waals surface area (Å²) in [6.07, 6.45) is 9.34. The van der Waals surface area contributed by atoms with Gasteiger partial charge in [-0.15, -0.1) is 0 Å². The Labute approximate surface area is 117 Å². The van der Waals surface area contributed by atoms with Gasteiger partial charge in [0.25, 0.3) is 0 Å². The van der Waals surface area contributed by atoms with Gasteiger partial charge < -0.3 is 10.4 Å². The van der Waals surface area contributed by atoms with Crippen LogP contribution < -0.4 is 5.32 Å². The molecule has 0 heterocycles. The zero-order valence-corrected chi connectivity index (χ0v) is 12.5. The van der Waals surface area contributed by atoms with Crippen LogP contribution >= 0.6 is 0 Å². The average molecular weight is 267 g/mol. The van der Waals surface area contributed by atoms with E-state index in [-0.39, 0.29) is 29.4 Å². The van der Waals surface area contributed by atoms with Crippen molar-refractivity contribution in [1.82, 2.24) is 5.32 Å². The number of carbonyl (C=O) groups excluding carboxylic acids is 1. The summed E-state index contributed by atoms with van der Waals surface area (Å²) >= 11 is 0. The topological polar surface area (TPSA) is 49.3 Å². The monoisotopic (exact) mass is 267 g/mol. The number of carbonyl (C=O) groups is 1. The maximum atomic E-state index is 12.5. The number of aliphatic hydroxyl groups is 1. The highest BCUT2D eigenvalue weighted by molar-refractivity contribution is 5.79. The van der Waals surface area contributed by atoms with Gasteiger partial charge in [-0.05, 0) is 31.1 Å². The highest BCUT2D eigenvalue weighted by Crippen LogP contribution is 2.40. The molecule has 0 aromatic heterocycles. The predicted molar refractivity (Wildman–Crippen MR) is 76.8 cm³/mol. The molecule has 2 fully saturated rings. The van der Waals surface area contributed by atoms with E-state index in [1.807, 2.05) is 0 Å². The van der Waals surface area contributed by atoms with Crippen LogP contribution in [0.4, 0.5) is 0 Å². The third-order valence-corrected chi connectivity index (χ3v) is 5.13. The van der Waals surface area contributed by atoms with E-state index in [9.17, 15) is 9.90 Å². The average Bonchev–Trinajstić information content (AvgIpc) is 2.54. The second kappa shape index (κ2) is 6.25. The second-order valence-electron chi connectivity index (χ2n) is 7.11. The zero-order valence-electron chi connectivity index (χ0n) is 12.5. The lowest BCUT2D eigenvalue weighted by molar-refractivity contribution is -0.131. The first-order chi connectivity index (χ1) is 9.00. The van der Waals surface area contributed by atoms with Crippen LogP contribution in [0, 0.1) is 11.3 Å². The van der Waals surface area contributed by atoms with Gasteiger partial charge >= 0.3 is 0 Å². The van der Waals surface area contributed by atoms with Crippen molar-refractivity contribution in [1.29, 1.82) is 0 Å². The quantitative estimate of drug-likeness (QED) is 0.756. The van der Waals surface area contributed by atoms with Crippen molar-refractivity contribution >= 4 is 5.91 Å². The van der Waals surface area contributed by atoms with Gasteiger partial charge in [-0.3, -0.25) is 4.79 Å². The van der Waals surface area contributed by atoms with Crippen LogP contribution in [0.5, 0.6) is 0 Å². The highest BCUT2D eigenvalue weighted by atomic mass is 16.3. The molecule has 1 amide bonds. The van der Waals surface area contributed by atoms with E-state index in [2.05, 4.69) is 19.2 Å². The highest BCUT2D eigenvalue weighted by Gasteiger charge is 2.38. The molecule has 19 heavy (non-hydrogen) atoms. The lowest BCUT2D eigenvalue weighted by Crippen LogP contribution is -2.48. The first-order valence-electron chi connectivity index (χ1n) is 7.99. The molecule has 3 atom stereocenters. The molecule has 110 valence electrons. The van der Waals surface area contributed by atoms with Gasteiger partial charge in [0.1, 0.15) is 0 Å². The van der Waals surface area contributed by atoms with Gasteiger partial charge in [-0.1, -0.05) is 46.0 Å². The number of aliphatic hydroxyl groups excluding tert-OH is 1.